The molecule has 0 spiro atoms. The first-order valence-corrected chi connectivity index (χ1v) is 13.5. The fourth-order valence-electron chi connectivity index (χ4n) is 2.24. The maximum Gasteiger partial charge on any atom is 0.319 e. The highest BCUT2D eigenvalue weighted by molar-refractivity contribution is 8.68. The summed E-state index contributed by atoms with van der Waals surface area (Å²) >= 11 is 6.54. The minimum absolute atomic E-state index is 0.00567. The van der Waals surface area contributed by atoms with E-state index in [0.29, 0.717) is 19.8 Å². The molecule has 1 N–H and O–H groups in total. The van der Waals surface area contributed by atoms with E-state index in [2.05, 4.69) is 12.2 Å². The summed E-state index contributed by atoms with van der Waals surface area (Å²) in [7, 11) is 1.30. The summed E-state index contributed by atoms with van der Waals surface area (Å²) in [5, 5.41) is 2.14. The average molecular weight is 428 g/mol. The highest BCUT2D eigenvalue weighted by Gasteiger charge is 2.32. The Bertz CT molecular complexity index is 441. The lowest BCUT2D eigenvalue weighted by Crippen LogP contribution is -2.31. The molecular formula is C17H34NO5PS2. The number of carbonyl (C=O) groups is 2. The Balaban J connectivity index is 4.45. The van der Waals surface area contributed by atoms with Crippen LogP contribution in [-0.2, 0) is 35.2 Å². The second-order valence-corrected chi connectivity index (χ2v) is 12.1. The molecule has 0 aromatic rings. The molecule has 0 aliphatic rings. The lowest BCUT2D eigenvalue weighted by molar-refractivity contribution is -0.141. The Morgan fingerprint density at radius 2 is 1.62 bits per heavy atom. The van der Waals surface area contributed by atoms with Crippen LogP contribution in [0.2, 0.25) is 0 Å². The molecule has 0 bridgehead atoms. The van der Waals surface area contributed by atoms with Crippen molar-refractivity contribution in [3.05, 3.63) is 0 Å². The predicted molar refractivity (Wildman–Crippen MR) is 112 cm³/mol. The van der Waals surface area contributed by atoms with Gasteiger partial charge in [-0.25, -0.2) is 0 Å². The van der Waals surface area contributed by atoms with Gasteiger partial charge in [0.2, 0.25) is 11.6 Å². The number of esters is 1. The maximum absolute atomic E-state index is 12.2. The molecule has 1 amide bonds. The van der Waals surface area contributed by atoms with Crippen molar-refractivity contribution in [1.82, 2.24) is 5.32 Å². The molecule has 1 atom stereocenters. The van der Waals surface area contributed by atoms with E-state index in [1.54, 1.807) is 0 Å². The number of unbranched alkanes of at least 4 members (excludes halogenated alkanes) is 5. The van der Waals surface area contributed by atoms with Crippen LogP contribution in [0, 0.1) is 0 Å². The van der Waals surface area contributed by atoms with Gasteiger partial charge in [0.05, 0.1) is 20.3 Å². The van der Waals surface area contributed by atoms with Crippen molar-refractivity contribution in [3.8, 4) is 0 Å². The van der Waals surface area contributed by atoms with Gasteiger partial charge in [0.15, 0.2) is 0 Å². The summed E-state index contributed by atoms with van der Waals surface area (Å²) in [6, 6.07) is 0. The van der Waals surface area contributed by atoms with Crippen molar-refractivity contribution in [3.63, 3.8) is 0 Å². The average Bonchev–Trinajstić information content (AvgIpc) is 2.60. The van der Waals surface area contributed by atoms with Gasteiger partial charge in [0.25, 0.3) is 0 Å². The van der Waals surface area contributed by atoms with Crippen LogP contribution < -0.4 is 5.32 Å². The minimum Gasteiger partial charge on any atom is -0.468 e. The van der Waals surface area contributed by atoms with E-state index in [0.717, 1.165) is 24.2 Å². The van der Waals surface area contributed by atoms with Crippen molar-refractivity contribution in [1.29, 1.82) is 0 Å². The summed E-state index contributed by atoms with van der Waals surface area (Å²) in [6.07, 6.45) is 6.97. The van der Waals surface area contributed by atoms with E-state index < -0.39 is 16.9 Å². The number of methoxy groups -OCH3 is 1. The zero-order valence-electron chi connectivity index (χ0n) is 16.5. The molecule has 0 rings (SSSR count). The van der Waals surface area contributed by atoms with E-state index in [9.17, 15) is 9.59 Å². The van der Waals surface area contributed by atoms with Gasteiger partial charge in [-0.1, -0.05) is 50.4 Å². The summed E-state index contributed by atoms with van der Waals surface area (Å²) < 4.78 is 15.9. The largest absolute Gasteiger partial charge is 0.468 e. The van der Waals surface area contributed by atoms with Gasteiger partial charge in [0, 0.05) is 13.0 Å². The second kappa shape index (κ2) is 15.9. The lowest BCUT2D eigenvalue weighted by atomic mass is 10.1. The number of hydrogen-bond donors (Lipinski definition) is 1. The summed E-state index contributed by atoms with van der Waals surface area (Å²) in [4.78, 5) is 24.2. The number of rotatable bonds is 16. The van der Waals surface area contributed by atoms with E-state index >= 15 is 0 Å². The Hall–Kier alpha value is -0.140. The Labute approximate surface area is 167 Å². The molecule has 0 aromatic heterocycles. The van der Waals surface area contributed by atoms with Gasteiger partial charge < -0.3 is 19.1 Å². The van der Waals surface area contributed by atoms with Crippen LogP contribution in [0.3, 0.4) is 0 Å². The van der Waals surface area contributed by atoms with E-state index in [4.69, 9.17) is 25.6 Å². The Morgan fingerprint density at radius 1 is 1.04 bits per heavy atom. The van der Waals surface area contributed by atoms with Crippen LogP contribution in [0.1, 0.15) is 65.7 Å². The number of hydrogen-bond acceptors (Lipinski definition) is 7. The van der Waals surface area contributed by atoms with Gasteiger partial charge >= 0.3 is 5.97 Å². The van der Waals surface area contributed by atoms with Crippen molar-refractivity contribution < 1.29 is 23.4 Å². The topological polar surface area (TPSA) is 73.9 Å². The van der Waals surface area contributed by atoms with Crippen LogP contribution in [0.15, 0.2) is 0 Å². The van der Waals surface area contributed by atoms with Crippen molar-refractivity contribution >= 4 is 40.8 Å². The van der Waals surface area contributed by atoms with Gasteiger partial charge in [0.1, 0.15) is 5.25 Å². The highest BCUT2D eigenvalue weighted by Crippen LogP contribution is 2.63. The van der Waals surface area contributed by atoms with Crippen LogP contribution in [-0.4, -0.2) is 44.0 Å². The van der Waals surface area contributed by atoms with Crippen LogP contribution in [0.5, 0.6) is 0 Å². The lowest BCUT2D eigenvalue weighted by Gasteiger charge is -2.23. The van der Waals surface area contributed by atoms with Crippen molar-refractivity contribution in [2.75, 3.05) is 26.9 Å². The van der Waals surface area contributed by atoms with Crippen LogP contribution >= 0.6 is 17.1 Å². The fraction of sp³-hybridized carbons (Fsp3) is 0.882. The molecule has 0 heterocycles. The molecule has 0 radical (unpaired) electrons. The van der Waals surface area contributed by atoms with Gasteiger partial charge in [-0.3, -0.25) is 9.59 Å². The fourth-order valence-corrected chi connectivity index (χ4v) is 7.77. The quantitative estimate of drug-likeness (QED) is 0.222. The first-order chi connectivity index (χ1) is 12.4. The van der Waals surface area contributed by atoms with Gasteiger partial charge in [-0.15, -0.1) is 0 Å². The number of carbonyl (C=O) groups excluding carboxylic acids is 2. The molecule has 1 unspecified atom stereocenters. The van der Waals surface area contributed by atoms with Crippen molar-refractivity contribution in [2.24, 2.45) is 0 Å². The highest BCUT2D eigenvalue weighted by atomic mass is 32.9. The molecule has 0 saturated heterocycles. The van der Waals surface area contributed by atoms with E-state index in [-0.39, 0.29) is 12.3 Å². The molecule has 0 saturated carbocycles. The normalized spacial score (nSPS) is 12.6. The number of nitrogens with one attached hydrogen (secondary N) is 1. The van der Waals surface area contributed by atoms with E-state index in [1.165, 1.54) is 32.8 Å². The zero-order chi connectivity index (χ0) is 19.8. The third kappa shape index (κ3) is 12.3. The first kappa shape index (κ1) is 25.9. The van der Waals surface area contributed by atoms with Crippen LogP contribution in [0.25, 0.3) is 0 Å². The summed E-state index contributed by atoms with van der Waals surface area (Å²) in [6.45, 7) is 7.23. The van der Waals surface area contributed by atoms with Crippen molar-refractivity contribution in [2.45, 2.75) is 71.0 Å². The molecule has 9 heteroatoms. The Kier molecular flexibility index (Phi) is 15.8. The molecule has 154 valence electrons. The predicted octanol–water partition coefficient (Wildman–Crippen LogP) is 4.43. The van der Waals surface area contributed by atoms with Gasteiger partial charge in [-0.2, -0.15) is 0 Å². The molecule has 0 fully saturated rings. The summed E-state index contributed by atoms with van der Waals surface area (Å²) in [5.41, 5.74) is -2.68. The minimum atomic E-state index is -2.68. The first-order valence-electron chi connectivity index (χ1n) is 9.34. The summed E-state index contributed by atoms with van der Waals surface area (Å²) in [5.74, 6) is -0.672. The SMILES string of the molecule is CCCCCCCCNC(=O)CC(SP(=S)(OCC)OCC)C(=O)OC. The number of ether oxygens (including phenoxy) is 1. The molecule has 0 aromatic carbocycles. The third-order valence-corrected chi connectivity index (χ3v) is 9.12. The van der Waals surface area contributed by atoms with Gasteiger partial charge in [-0.05, 0) is 32.1 Å². The Morgan fingerprint density at radius 3 is 2.15 bits per heavy atom. The number of amides is 1. The maximum atomic E-state index is 12.2. The molecule has 0 aliphatic heterocycles. The molecule has 0 aliphatic carbocycles. The monoisotopic (exact) mass is 427 g/mol. The molecule has 26 heavy (non-hydrogen) atoms. The molecule has 6 nitrogen and oxygen atoms in total. The zero-order valence-corrected chi connectivity index (χ0v) is 19.0. The second-order valence-electron chi connectivity index (χ2n) is 5.72. The molecular weight excluding hydrogens is 393 g/mol. The van der Waals surface area contributed by atoms with E-state index in [1.807, 2.05) is 13.8 Å². The standard InChI is InChI=1S/C17H34NO5PS2/c1-5-8-9-10-11-12-13-18-16(19)14-15(17(20)21-4)26-24(25,22-6-2)23-7-3/h15H,5-14H2,1-4H3,(H,18,19). The van der Waals surface area contributed by atoms with Crippen LogP contribution in [0.4, 0.5) is 0 Å². The smallest absolute Gasteiger partial charge is 0.319 e. The third-order valence-electron chi connectivity index (χ3n) is 3.52.